The molecule has 20 heavy (non-hydrogen) atoms. The Kier molecular flexibility index (Phi) is 5.86. The first-order chi connectivity index (χ1) is 9.35. The van der Waals surface area contributed by atoms with Gasteiger partial charge in [-0.3, -0.25) is 0 Å². The number of carbonyl (C=O) groups is 1. The third-order valence-corrected chi connectivity index (χ3v) is 2.80. The van der Waals surface area contributed by atoms with Gasteiger partial charge in [-0.05, 0) is 30.9 Å². The number of nitrogens with one attached hydrogen (secondary N) is 1. The number of anilines is 1. The Morgan fingerprint density at radius 2 is 2.05 bits per heavy atom. The van der Waals surface area contributed by atoms with Crippen LogP contribution in [0.2, 0.25) is 0 Å². The number of hydrogen-bond donors (Lipinski definition) is 1. The second-order valence-corrected chi connectivity index (χ2v) is 5.95. The monoisotopic (exact) mass is 279 g/mol. The van der Waals surface area contributed by atoms with Crippen LogP contribution in [0.5, 0.6) is 5.75 Å². The van der Waals surface area contributed by atoms with Crippen molar-refractivity contribution in [2.75, 3.05) is 19.0 Å². The third-order valence-electron chi connectivity index (χ3n) is 2.80. The van der Waals surface area contributed by atoms with E-state index >= 15 is 0 Å². The summed E-state index contributed by atoms with van der Waals surface area (Å²) in [5.74, 6) is 0.540. The number of methoxy groups -OCH3 is 1. The molecule has 1 unspecified atom stereocenters. The number of esters is 1. The Balaban J connectivity index is 2.84. The molecule has 0 fully saturated rings. The van der Waals surface area contributed by atoms with Crippen LogP contribution in [0, 0.1) is 5.41 Å². The summed E-state index contributed by atoms with van der Waals surface area (Å²) in [7, 11) is 1.62. The molecule has 0 aliphatic rings. The van der Waals surface area contributed by atoms with Crippen molar-refractivity contribution in [3.8, 4) is 5.75 Å². The van der Waals surface area contributed by atoms with Crippen LogP contribution in [0.1, 0.15) is 34.1 Å². The molecule has 0 radical (unpaired) electrons. The average Bonchev–Trinajstić information content (AvgIpc) is 2.37. The van der Waals surface area contributed by atoms with Crippen LogP contribution in [0.3, 0.4) is 0 Å². The van der Waals surface area contributed by atoms with Gasteiger partial charge in [0.25, 0.3) is 0 Å². The minimum atomic E-state index is -0.359. The second-order valence-electron chi connectivity index (χ2n) is 5.95. The zero-order chi connectivity index (χ0) is 15.2. The molecule has 1 N–H and O–H groups in total. The average molecular weight is 279 g/mol. The number of carbonyl (C=O) groups excluding carboxylic acids is 1. The van der Waals surface area contributed by atoms with Crippen molar-refractivity contribution in [2.24, 2.45) is 5.41 Å². The van der Waals surface area contributed by atoms with E-state index in [4.69, 9.17) is 9.47 Å². The highest BCUT2D eigenvalue weighted by molar-refractivity contribution is 5.79. The minimum Gasteiger partial charge on any atom is -0.497 e. The third kappa shape index (κ3) is 5.51. The smallest absolute Gasteiger partial charge is 0.328 e. The number of rotatable bonds is 6. The number of benzene rings is 1. The van der Waals surface area contributed by atoms with Crippen LogP contribution in [-0.2, 0) is 9.53 Å². The first-order valence-corrected chi connectivity index (χ1v) is 6.93. The fourth-order valence-electron chi connectivity index (χ4n) is 1.96. The Labute approximate surface area is 121 Å². The lowest BCUT2D eigenvalue weighted by molar-refractivity contribution is -0.144. The van der Waals surface area contributed by atoms with Gasteiger partial charge in [0.1, 0.15) is 11.8 Å². The fourth-order valence-corrected chi connectivity index (χ4v) is 1.96. The largest absolute Gasteiger partial charge is 0.497 e. The molecular formula is C16H25NO3. The molecule has 0 spiro atoms. The summed E-state index contributed by atoms with van der Waals surface area (Å²) in [6, 6.07) is 7.18. The number of hydrogen-bond acceptors (Lipinski definition) is 4. The summed E-state index contributed by atoms with van der Waals surface area (Å²) in [5.41, 5.74) is 0.884. The molecular weight excluding hydrogens is 254 g/mol. The van der Waals surface area contributed by atoms with Crippen LogP contribution in [0.15, 0.2) is 24.3 Å². The lowest BCUT2D eigenvalue weighted by Crippen LogP contribution is -2.35. The van der Waals surface area contributed by atoms with E-state index in [9.17, 15) is 4.79 Å². The lowest BCUT2D eigenvalue weighted by atomic mass is 9.88. The summed E-state index contributed by atoms with van der Waals surface area (Å²) >= 11 is 0. The van der Waals surface area contributed by atoms with Crippen LogP contribution < -0.4 is 10.1 Å². The van der Waals surface area contributed by atoms with Gasteiger partial charge in [0.05, 0.1) is 13.7 Å². The minimum absolute atomic E-state index is 0.0310. The summed E-state index contributed by atoms with van der Waals surface area (Å²) in [6.07, 6.45) is 0.697. The summed E-state index contributed by atoms with van der Waals surface area (Å²) < 4.78 is 10.3. The lowest BCUT2D eigenvalue weighted by Gasteiger charge is -2.26. The van der Waals surface area contributed by atoms with Gasteiger partial charge in [0.2, 0.25) is 0 Å². The van der Waals surface area contributed by atoms with Crippen LogP contribution in [0.4, 0.5) is 5.69 Å². The van der Waals surface area contributed by atoms with Crippen molar-refractivity contribution >= 4 is 11.7 Å². The fraction of sp³-hybridized carbons (Fsp3) is 0.562. The van der Waals surface area contributed by atoms with Crippen molar-refractivity contribution < 1.29 is 14.3 Å². The topological polar surface area (TPSA) is 47.6 Å². The highest BCUT2D eigenvalue weighted by Gasteiger charge is 2.26. The molecule has 4 nitrogen and oxygen atoms in total. The van der Waals surface area contributed by atoms with E-state index in [-0.39, 0.29) is 17.4 Å². The van der Waals surface area contributed by atoms with Gasteiger partial charge >= 0.3 is 5.97 Å². The van der Waals surface area contributed by atoms with Crippen molar-refractivity contribution in [2.45, 2.75) is 40.2 Å². The maximum Gasteiger partial charge on any atom is 0.328 e. The van der Waals surface area contributed by atoms with Crippen molar-refractivity contribution in [1.82, 2.24) is 0 Å². The van der Waals surface area contributed by atoms with Gasteiger partial charge in [0.15, 0.2) is 0 Å². The highest BCUT2D eigenvalue weighted by atomic mass is 16.5. The normalized spacial score (nSPS) is 12.7. The Morgan fingerprint density at radius 1 is 1.35 bits per heavy atom. The van der Waals surface area contributed by atoms with Gasteiger partial charge in [-0.25, -0.2) is 4.79 Å². The van der Waals surface area contributed by atoms with Crippen LogP contribution in [-0.4, -0.2) is 25.7 Å². The molecule has 1 aromatic carbocycles. The second kappa shape index (κ2) is 7.17. The van der Waals surface area contributed by atoms with E-state index in [0.717, 1.165) is 11.4 Å². The first-order valence-electron chi connectivity index (χ1n) is 6.93. The molecule has 1 rings (SSSR count). The van der Waals surface area contributed by atoms with Gasteiger partial charge < -0.3 is 14.8 Å². The first kappa shape index (κ1) is 16.3. The van der Waals surface area contributed by atoms with Gasteiger partial charge in [-0.2, -0.15) is 0 Å². The summed E-state index contributed by atoms with van der Waals surface area (Å²) in [5, 5.41) is 3.24. The molecule has 0 aliphatic carbocycles. The standard InChI is InChI=1S/C16H25NO3/c1-6-20-15(18)14(11-16(2,3)4)17-12-8-7-9-13(10-12)19-5/h7-10,14,17H,6,11H2,1-5H3. The maximum absolute atomic E-state index is 12.1. The Hall–Kier alpha value is -1.71. The molecule has 1 aromatic rings. The summed E-state index contributed by atoms with van der Waals surface area (Å²) in [4.78, 5) is 12.1. The molecule has 0 aliphatic heterocycles. The van der Waals surface area contributed by atoms with Crippen LogP contribution >= 0.6 is 0 Å². The predicted octanol–water partition coefficient (Wildman–Crippen LogP) is 3.48. The Bertz CT molecular complexity index is 438. The van der Waals surface area contributed by atoms with Crippen molar-refractivity contribution in [3.63, 3.8) is 0 Å². The predicted molar refractivity (Wildman–Crippen MR) is 81.1 cm³/mol. The van der Waals surface area contributed by atoms with E-state index in [1.54, 1.807) is 7.11 Å². The van der Waals surface area contributed by atoms with Gasteiger partial charge in [-0.15, -0.1) is 0 Å². The van der Waals surface area contributed by atoms with Gasteiger partial charge in [-0.1, -0.05) is 26.8 Å². The molecule has 0 heterocycles. The molecule has 1 atom stereocenters. The zero-order valence-corrected chi connectivity index (χ0v) is 13.0. The highest BCUT2D eigenvalue weighted by Crippen LogP contribution is 2.25. The molecule has 0 saturated heterocycles. The molecule has 0 bridgehead atoms. The van der Waals surface area contributed by atoms with E-state index in [1.807, 2.05) is 31.2 Å². The molecule has 0 aromatic heterocycles. The molecule has 4 heteroatoms. The maximum atomic E-state index is 12.1. The molecule has 112 valence electrons. The Morgan fingerprint density at radius 3 is 2.60 bits per heavy atom. The van der Waals surface area contributed by atoms with E-state index in [2.05, 4.69) is 26.1 Å². The number of ether oxygens (including phenoxy) is 2. The SMILES string of the molecule is CCOC(=O)C(CC(C)(C)C)Nc1cccc(OC)c1. The molecule has 0 amide bonds. The van der Waals surface area contributed by atoms with E-state index < -0.39 is 0 Å². The van der Waals surface area contributed by atoms with E-state index in [0.29, 0.717) is 13.0 Å². The quantitative estimate of drug-likeness (QED) is 0.810. The molecule has 0 saturated carbocycles. The summed E-state index contributed by atoms with van der Waals surface area (Å²) in [6.45, 7) is 8.52. The van der Waals surface area contributed by atoms with Crippen LogP contribution in [0.25, 0.3) is 0 Å². The zero-order valence-electron chi connectivity index (χ0n) is 13.0. The van der Waals surface area contributed by atoms with Crippen molar-refractivity contribution in [3.05, 3.63) is 24.3 Å². The van der Waals surface area contributed by atoms with E-state index in [1.165, 1.54) is 0 Å². The van der Waals surface area contributed by atoms with Crippen molar-refractivity contribution in [1.29, 1.82) is 0 Å². The van der Waals surface area contributed by atoms with Gasteiger partial charge in [0, 0.05) is 11.8 Å².